The molecule has 2 aromatic heterocycles. The molecule has 0 radical (unpaired) electrons. The first kappa shape index (κ1) is 16.3. The van der Waals surface area contributed by atoms with Crippen molar-refractivity contribution in [1.82, 2.24) is 19.9 Å². The topological polar surface area (TPSA) is 92.8 Å². The lowest BCUT2D eigenvalue weighted by molar-refractivity contribution is -0.115. The Hall–Kier alpha value is -2.61. The molecule has 1 amide bonds. The molecule has 0 aliphatic rings. The number of amides is 1. The monoisotopic (exact) mass is 343 g/mol. The normalized spacial score (nSPS) is 12.1. The fourth-order valence-corrected chi connectivity index (χ4v) is 3.02. The van der Waals surface area contributed by atoms with Crippen molar-refractivity contribution in [2.75, 3.05) is 11.9 Å². The summed E-state index contributed by atoms with van der Waals surface area (Å²) in [5.74, 6) is 0.530. The van der Waals surface area contributed by atoms with Crippen LogP contribution in [0.2, 0.25) is 0 Å². The zero-order chi connectivity index (χ0) is 16.9. The molecule has 0 aliphatic carbocycles. The number of fused-ring (bicyclic) bond motifs is 1. The summed E-state index contributed by atoms with van der Waals surface area (Å²) in [5, 5.41) is 3.25. The van der Waals surface area contributed by atoms with Crippen molar-refractivity contribution in [2.45, 2.75) is 24.1 Å². The maximum absolute atomic E-state index is 12.5. The van der Waals surface area contributed by atoms with E-state index in [1.807, 2.05) is 38.1 Å². The Labute approximate surface area is 143 Å². The van der Waals surface area contributed by atoms with Gasteiger partial charge in [0.25, 0.3) is 0 Å². The second kappa shape index (κ2) is 7.31. The summed E-state index contributed by atoms with van der Waals surface area (Å²) >= 11 is 1.35. The Morgan fingerprint density at radius 3 is 3.00 bits per heavy atom. The average Bonchev–Trinajstić information content (AvgIpc) is 3.06. The van der Waals surface area contributed by atoms with Crippen LogP contribution >= 0.6 is 11.8 Å². The quantitative estimate of drug-likeness (QED) is 0.528. The molecule has 2 heterocycles. The molecule has 0 fully saturated rings. The number of aromatic amines is 1. The van der Waals surface area contributed by atoms with Crippen LogP contribution in [0.15, 0.2) is 41.9 Å². The van der Waals surface area contributed by atoms with Crippen LogP contribution in [-0.2, 0) is 4.79 Å². The summed E-state index contributed by atoms with van der Waals surface area (Å²) in [7, 11) is 0. The van der Waals surface area contributed by atoms with Gasteiger partial charge in [-0.3, -0.25) is 4.79 Å². The van der Waals surface area contributed by atoms with Crippen molar-refractivity contribution in [3.05, 3.63) is 36.9 Å². The summed E-state index contributed by atoms with van der Waals surface area (Å²) < 4.78 is 5.53. The SMILES string of the molecule is CCOc1ccccc1NC(=O)[C@@H](C)Sc1ncnc2nc[nH]c12. The molecule has 2 N–H and O–H groups in total. The van der Waals surface area contributed by atoms with Gasteiger partial charge in [0, 0.05) is 0 Å². The molecule has 0 saturated heterocycles. The van der Waals surface area contributed by atoms with Gasteiger partial charge in [-0.15, -0.1) is 0 Å². The molecule has 0 bridgehead atoms. The molecular formula is C16H17N5O2S. The highest BCUT2D eigenvalue weighted by molar-refractivity contribution is 8.00. The van der Waals surface area contributed by atoms with Gasteiger partial charge in [0.2, 0.25) is 5.91 Å². The van der Waals surface area contributed by atoms with Crippen LogP contribution in [0.25, 0.3) is 11.2 Å². The molecule has 3 aromatic rings. The summed E-state index contributed by atoms with van der Waals surface area (Å²) in [4.78, 5) is 27.9. The molecule has 0 aliphatic heterocycles. The smallest absolute Gasteiger partial charge is 0.237 e. The highest BCUT2D eigenvalue weighted by Crippen LogP contribution is 2.28. The zero-order valence-electron chi connectivity index (χ0n) is 13.3. The van der Waals surface area contributed by atoms with E-state index in [-0.39, 0.29) is 11.2 Å². The van der Waals surface area contributed by atoms with Gasteiger partial charge in [-0.2, -0.15) is 0 Å². The van der Waals surface area contributed by atoms with Crippen LogP contribution in [0, 0.1) is 0 Å². The predicted octanol–water partition coefficient (Wildman–Crippen LogP) is 2.87. The van der Waals surface area contributed by atoms with Crippen molar-refractivity contribution in [3.63, 3.8) is 0 Å². The molecule has 0 saturated carbocycles. The third-order valence-electron chi connectivity index (χ3n) is 3.29. The third-order valence-corrected chi connectivity index (χ3v) is 4.39. The fourth-order valence-electron chi connectivity index (χ4n) is 2.14. The maximum Gasteiger partial charge on any atom is 0.237 e. The number of nitrogens with one attached hydrogen (secondary N) is 2. The lowest BCUT2D eigenvalue weighted by Crippen LogP contribution is -2.23. The number of nitrogens with zero attached hydrogens (tertiary/aromatic N) is 3. The molecule has 0 unspecified atom stereocenters. The van der Waals surface area contributed by atoms with E-state index in [1.165, 1.54) is 18.1 Å². The molecule has 1 aromatic carbocycles. The number of thioether (sulfide) groups is 1. The number of anilines is 1. The van der Waals surface area contributed by atoms with Gasteiger partial charge < -0.3 is 15.0 Å². The van der Waals surface area contributed by atoms with E-state index in [9.17, 15) is 4.79 Å². The number of H-pyrrole nitrogens is 1. The number of hydrogen-bond donors (Lipinski definition) is 2. The second-order valence-corrected chi connectivity index (χ2v) is 6.29. The van der Waals surface area contributed by atoms with E-state index < -0.39 is 0 Å². The van der Waals surface area contributed by atoms with Crippen LogP contribution in [0.1, 0.15) is 13.8 Å². The van der Waals surface area contributed by atoms with E-state index in [4.69, 9.17) is 4.74 Å². The van der Waals surface area contributed by atoms with Crippen LogP contribution in [0.4, 0.5) is 5.69 Å². The van der Waals surface area contributed by atoms with Crippen LogP contribution in [-0.4, -0.2) is 37.7 Å². The number of imidazole rings is 1. The van der Waals surface area contributed by atoms with Crippen LogP contribution in [0.5, 0.6) is 5.75 Å². The van der Waals surface area contributed by atoms with Gasteiger partial charge in [-0.25, -0.2) is 15.0 Å². The lowest BCUT2D eigenvalue weighted by atomic mass is 10.3. The number of ether oxygens (including phenoxy) is 1. The Morgan fingerprint density at radius 1 is 1.33 bits per heavy atom. The minimum Gasteiger partial charge on any atom is -0.492 e. The summed E-state index contributed by atoms with van der Waals surface area (Å²) in [6, 6.07) is 7.37. The molecule has 7 nitrogen and oxygen atoms in total. The van der Waals surface area contributed by atoms with Gasteiger partial charge in [-0.05, 0) is 26.0 Å². The molecule has 3 rings (SSSR count). The van der Waals surface area contributed by atoms with E-state index in [1.54, 1.807) is 6.33 Å². The van der Waals surface area contributed by atoms with Crippen LogP contribution < -0.4 is 10.1 Å². The molecule has 24 heavy (non-hydrogen) atoms. The molecule has 8 heteroatoms. The van der Waals surface area contributed by atoms with E-state index >= 15 is 0 Å². The Bertz CT molecular complexity index is 851. The predicted molar refractivity (Wildman–Crippen MR) is 93.2 cm³/mol. The Balaban J connectivity index is 1.72. The largest absolute Gasteiger partial charge is 0.492 e. The number of rotatable bonds is 6. The van der Waals surface area contributed by atoms with Crippen molar-refractivity contribution >= 4 is 34.5 Å². The second-order valence-electron chi connectivity index (χ2n) is 4.96. The van der Waals surface area contributed by atoms with Crippen molar-refractivity contribution < 1.29 is 9.53 Å². The number of carbonyl (C=O) groups is 1. The average molecular weight is 343 g/mol. The lowest BCUT2D eigenvalue weighted by Gasteiger charge is -2.14. The number of aromatic nitrogens is 4. The summed E-state index contributed by atoms with van der Waals surface area (Å²) in [5.41, 5.74) is 1.98. The first-order valence-electron chi connectivity index (χ1n) is 7.52. The zero-order valence-corrected chi connectivity index (χ0v) is 14.1. The van der Waals surface area contributed by atoms with Gasteiger partial charge in [0.05, 0.1) is 23.9 Å². The molecule has 1 atom stereocenters. The number of para-hydroxylation sites is 2. The van der Waals surface area contributed by atoms with Gasteiger partial charge in [0.15, 0.2) is 5.65 Å². The molecule has 124 valence electrons. The first-order valence-corrected chi connectivity index (χ1v) is 8.40. The van der Waals surface area contributed by atoms with Crippen molar-refractivity contribution in [3.8, 4) is 5.75 Å². The van der Waals surface area contributed by atoms with Gasteiger partial charge in [-0.1, -0.05) is 23.9 Å². The van der Waals surface area contributed by atoms with Gasteiger partial charge >= 0.3 is 0 Å². The maximum atomic E-state index is 12.5. The highest BCUT2D eigenvalue weighted by Gasteiger charge is 2.19. The van der Waals surface area contributed by atoms with Gasteiger partial charge in [0.1, 0.15) is 22.6 Å². The number of hydrogen-bond acceptors (Lipinski definition) is 6. The Morgan fingerprint density at radius 2 is 2.17 bits per heavy atom. The van der Waals surface area contributed by atoms with E-state index in [0.717, 1.165) is 5.52 Å². The third kappa shape index (κ3) is 3.48. The van der Waals surface area contributed by atoms with Crippen molar-refractivity contribution in [1.29, 1.82) is 0 Å². The van der Waals surface area contributed by atoms with Crippen LogP contribution in [0.3, 0.4) is 0 Å². The fraction of sp³-hybridized carbons (Fsp3) is 0.250. The van der Waals surface area contributed by atoms with Crippen molar-refractivity contribution in [2.24, 2.45) is 0 Å². The van der Waals surface area contributed by atoms with E-state index in [2.05, 4.69) is 25.3 Å². The first-order chi connectivity index (χ1) is 11.7. The standard InChI is InChI=1S/C16H17N5O2S/c1-3-23-12-7-5-4-6-11(12)21-15(22)10(2)24-16-13-14(18-8-17-13)19-9-20-16/h4-10H,3H2,1-2H3,(H,21,22)(H,17,18,19,20)/t10-/m1/s1. The Kier molecular flexibility index (Phi) is 4.95. The van der Waals surface area contributed by atoms with E-state index in [0.29, 0.717) is 28.7 Å². The molecular weight excluding hydrogens is 326 g/mol. The minimum atomic E-state index is -0.346. The highest BCUT2D eigenvalue weighted by atomic mass is 32.2. The minimum absolute atomic E-state index is 0.126. The summed E-state index contributed by atoms with van der Waals surface area (Å²) in [6.45, 7) is 4.27. The number of carbonyl (C=O) groups excluding carboxylic acids is 1. The number of benzene rings is 1. The summed E-state index contributed by atoms with van der Waals surface area (Å²) in [6.07, 6.45) is 3.01. The molecule has 0 spiro atoms.